The molecule has 0 bridgehead atoms. The highest BCUT2D eigenvalue weighted by molar-refractivity contribution is 6.05. The molecule has 0 fully saturated rings. The number of carbonyl (C=O) groups is 1. The molecule has 150 valence electrons. The molecule has 0 saturated carbocycles. The predicted octanol–water partition coefficient (Wildman–Crippen LogP) is 5.38. The van der Waals surface area contributed by atoms with Crippen molar-refractivity contribution in [3.05, 3.63) is 108 Å². The summed E-state index contributed by atoms with van der Waals surface area (Å²) in [5.41, 5.74) is 4.30. The van der Waals surface area contributed by atoms with Gasteiger partial charge in [-0.15, -0.1) is 0 Å². The van der Waals surface area contributed by atoms with Gasteiger partial charge >= 0.3 is 0 Å². The largest absolute Gasteiger partial charge is 0.303 e. The van der Waals surface area contributed by atoms with E-state index in [1.807, 2.05) is 60.7 Å². The minimum atomic E-state index is -0.254. The second kappa shape index (κ2) is 8.33. The molecule has 0 unspecified atom stereocenters. The highest BCUT2D eigenvalue weighted by atomic mass is 19.1. The first kappa shape index (κ1) is 19.6. The first-order chi connectivity index (χ1) is 14.5. The molecule has 0 aliphatic rings. The number of aryl methyl sites for hydroxylation is 2. The Labute approximate surface area is 175 Å². The molecule has 0 N–H and O–H groups in total. The zero-order valence-electron chi connectivity index (χ0n) is 16.9. The summed E-state index contributed by atoms with van der Waals surface area (Å²) in [7, 11) is 1.79. The fourth-order valence-electron chi connectivity index (χ4n) is 3.44. The summed E-state index contributed by atoms with van der Waals surface area (Å²) in [6.45, 7) is 2.16. The Balaban J connectivity index is 1.70. The van der Waals surface area contributed by atoms with E-state index in [0.29, 0.717) is 17.8 Å². The van der Waals surface area contributed by atoms with E-state index in [0.717, 1.165) is 22.5 Å². The highest BCUT2D eigenvalue weighted by Crippen LogP contribution is 2.25. The third-order valence-electron chi connectivity index (χ3n) is 5.05. The third-order valence-corrected chi connectivity index (χ3v) is 5.05. The molecule has 1 heterocycles. The van der Waals surface area contributed by atoms with Crippen molar-refractivity contribution in [2.45, 2.75) is 13.5 Å². The van der Waals surface area contributed by atoms with Gasteiger partial charge in [-0.05, 0) is 54.4 Å². The van der Waals surface area contributed by atoms with Gasteiger partial charge in [-0.25, -0.2) is 4.39 Å². The van der Waals surface area contributed by atoms with Crippen molar-refractivity contribution in [2.75, 3.05) is 4.90 Å². The SMILES string of the molecule is Cc1cc(-c2cc(C(=O)N(Cc3ccccc3)c3ccccc3)nn2C)ccc1F. The summed E-state index contributed by atoms with van der Waals surface area (Å²) in [6, 6.07) is 26.1. The molecule has 0 saturated heterocycles. The standard InChI is InChI=1S/C25H22FN3O/c1-18-15-20(13-14-22(18)26)24-16-23(27-28(24)2)25(30)29(21-11-7-4-8-12-21)17-19-9-5-3-6-10-19/h3-16H,17H2,1-2H3. The Morgan fingerprint density at radius 2 is 1.63 bits per heavy atom. The van der Waals surface area contributed by atoms with Gasteiger partial charge in [0.2, 0.25) is 0 Å². The molecule has 1 aromatic heterocycles. The number of aromatic nitrogens is 2. The van der Waals surface area contributed by atoms with E-state index in [1.165, 1.54) is 6.07 Å². The zero-order chi connectivity index (χ0) is 21.1. The average Bonchev–Trinajstić information content (AvgIpc) is 3.16. The van der Waals surface area contributed by atoms with Crippen LogP contribution in [0.1, 0.15) is 21.6 Å². The van der Waals surface area contributed by atoms with Crippen molar-refractivity contribution in [2.24, 2.45) is 7.05 Å². The first-order valence-electron chi connectivity index (χ1n) is 9.74. The molecule has 3 aromatic carbocycles. The number of carbonyl (C=O) groups excluding carboxylic acids is 1. The van der Waals surface area contributed by atoms with Crippen molar-refractivity contribution in [3.63, 3.8) is 0 Å². The number of nitrogens with zero attached hydrogens (tertiary/aromatic N) is 3. The van der Waals surface area contributed by atoms with Gasteiger partial charge in [0.25, 0.3) is 5.91 Å². The van der Waals surface area contributed by atoms with E-state index in [-0.39, 0.29) is 11.7 Å². The van der Waals surface area contributed by atoms with Crippen molar-refractivity contribution in [1.82, 2.24) is 9.78 Å². The van der Waals surface area contributed by atoms with Gasteiger partial charge in [-0.1, -0.05) is 48.5 Å². The normalized spacial score (nSPS) is 10.8. The second-order valence-electron chi connectivity index (χ2n) is 7.21. The van der Waals surface area contributed by atoms with Crippen LogP contribution in [0.3, 0.4) is 0 Å². The van der Waals surface area contributed by atoms with Crippen LogP contribution in [0, 0.1) is 12.7 Å². The molecule has 0 radical (unpaired) electrons. The fraction of sp³-hybridized carbons (Fsp3) is 0.120. The van der Waals surface area contributed by atoms with E-state index in [1.54, 1.807) is 41.8 Å². The first-order valence-corrected chi connectivity index (χ1v) is 9.74. The maximum atomic E-state index is 13.7. The number of amides is 1. The Bertz CT molecular complexity index is 1170. The van der Waals surface area contributed by atoms with E-state index in [9.17, 15) is 9.18 Å². The van der Waals surface area contributed by atoms with Crippen molar-refractivity contribution in [1.29, 1.82) is 0 Å². The smallest absolute Gasteiger partial charge is 0.279 e. The molecule has 0 aliphatic carbocycles. The quantitative estimate of drug-likeness (QED) is 0.452. The molecule has 4 aromatic rings. The Morgan fingerprint density at radius 1 is 0.967 bits per heavy atom. The lowest BCUT2D eigenvalue weighted by atomic mass is 10.1. The summed E-state index contributed by atoms with van der Waals surface area (Å²) < 4.78 is 15.3. The topological polar surface area (TPSA) is 38.1 Å². The molecule has 4 nitrogen and oxygen atoms in total. The fourth-order valence-corrected chi connectivity index (χ4v) is 3.44. The molecule has 4 rings (SSSR count). The van der Waals surface area contributed by atoms with E-state index in [4.69, 9.17) is 0 Å². The second-order valence-corrected chi connectivity index (χ2v) is 7.21. The number of rotatable bonds is 5. The van der Waals surface area contributed by atoms with Gasteiger partial charge in [0.05, 0.1) is 12.2 Å². The molecule has 0 spiro atoms. The van der Waals surface area contributed by atoms with Gasteiger partial charge in [0, 0.05) is 18.3 Å². The van der Waals surface area contributed by atoms with Crippen molar-refractivity contribution < 1.29 is 9.18 Å². The molecule has 0 aliphatic heterocycles. The molecule has 0 atom stereocenters. The number of anilines is 1. The number of hydrogen-bond acceptors (Lipinski definition) is 2. The number of benzene rings is 3. The molecule has 1 amide bonds. The lowest BCUT2D eigenvalue weighted by Crippen LogP contribution is -2.30. The van der Waals surface area contributed by atoms with Gasteiger partial charge in [0.1, 0.15) is 5.82 Å². The average molecular weight is 399 g/mol. The molecular weight excluding hydrogens is 377 g/mol. The van der Waals surface area contributed by atoms with E-state index < -0.39 is 0 Å². The lowest BCUT2D eigenvalue weighted by Gasteiger charge is -2.22. The summed E-state index contributed by atoms with van der Waals surface area (Å²) in [5, 5.41) is 4.46. The van der Waals surface area contributed by atoms with Gasteiger partial charge in [-0.2, -0.15) is 5.10 Å². The Morgan fingerprint density at radius 3 is 2.30 bits per heavy atom. The van der Waals surface area contributed by atoms with Gasteiger partial charge in [0.15, 0.2) is 5.69 Å². The maximum absolute atomic E-state index is 13.7. The maximum Gasteiger partial charge on any atom is 0.279 e. The minimum absolute atomic E-state index is 0.189. The van der Waals surface area contributed by atoms with Crippen molar-refractivity contribution >= 4 is 11.6 Å². The highest BCUT2D eigenvalue weighted by Gasteiger charge is 2.22. The zero-order valence-corrected chi connectivity index (χ0v) is 16.9. The lowest BCUT2D eigenvalue weighted by molar-refractivity contribution is 0.0979. The monoisotopic (exact) mass is 399 g/mol. The minimum Gasteiger partial charge on any atom is -0.303 e. The Kier molecular flexibility index (Phi) is 5.44. The van der Waals surface area contributed by atoms with Crippen LogP contribution in [0.4, 0.5) is 10.1 Å². The third kappa shape index (κ3) is 4.01. The summed E-state index contributed by atoms with van der Waals surface area (Å²) in [5.74, 6) is -0.443. The summed E-state index contributed by atoms with van der Waals surface area (Å²) >= 11 is 0. The molecule has 5 heteroatoms. The van der Waals surface area contributed by atoms with Crippen molar-refractivity contribution in [3.8, 4) is 11.3 Å². The van der Waals surface area contributed by atoms with Gasteiger partial charge < -0.3 is 4.90 Å². The van der Waals surface area contributed by atoms with Crippen LogP contribution in [-0.4, -0.2) is 15.7 Å². The summed E-state index contributed by atoms with van der Waals surface area (Å²) in [6.07, 6.45) is 0. The van der Waals surface area contributed by atoms with E-state index in [2.05, 4.69) is 5.10 Å². The van der Waals surface area contributed by atoms with Gasteiger partial charge in [-0.3, -0.25) is 9.48 Å². The van der Waals surface area contributed by atoms with Crippen LogP contribution < -0.4 is 4.90 Å². The van der Waals surface area contributed by atoms with Crippen LogP contribution in [0.5, 0.6) is 0 Å². The van der Waals surface area contributed by atoms with Crippen LogP contribution in [-0.2, 0) is 13.6 Å². The molecule has 30 heavy (non-hydrogen) atoms. The molecular formula is C25H22FN3O. The Hall–Kier alpha value is -3.73. The van der Waals surface area contributed by atoms with Crippen LogP contribution in [0.15, 0.2) is 84.9 Å². The predicted molar refractivity (Wildman–Crippen MR) is 117 cm³/mol. The number of hydrogen-bond donors (Lipinski definition) is 0. The van der Waals surface area contributed by atoms with Crippen LogP contribution >= 0.6 is 0 Å². The number of halogens is 1. The van der Waals surface area contributed by atoms with Crippen LogP contribution in [0.25, 0.3) is 11.3 Å². The summed E-state index contributed by atoms with van der Waals surface area (Å²) in [4.78, 5) is 15.2. The van der Waals surface area contributed by atoms with Crippen LogP contribution in [0.2, 0.25) is 0 Å². The number of para-hydroxylation sites is 1. The van der Waals surface area contributed by atoms with E-state index >= 15 is 0 Å².